The van der Waals surface area contributed by atoms with Crippen LogP contribution in [-0.2, 0) is 24.0 Å². The van der Waals surface area contributed by atoms with Gasteiger partial charge in [0.1, 0.15) is 0 Å². The minimum Gasteiger partial charge on any atom is -0.341 e. The fraction of sp³-hybridized carbons (Fsp3) is 0.750. The van der Waals surface area contributed by atoms with Gasteiger partial charge in [0, 0.05) is 19.5 Å². The summed E-state index contributed by atoms with van der Waals surface area (Å²) in [4.78, 5) is 21.6. The summed E-state index contributed by atoms with van der Waals surface area (Å²) in [5.74, 6) is 0.583. The third-order valence-electron chi connectivity index (χ3n) is 0. The molecule has 0 spiro atoms. The van der Waals surface area contributed by atoms with Gasteiger partial charge in [-0.3, -0.25) is 0 Å². The summed E-state index contributed by atoms with van der Waals surface area (Å²) in [6.45, 7) is 7.75. The van der Waals surface area contributed by atoms with Crippen LogP contribution in [-0.4, -0.2) is 14.7 Å². The summed E-state index contributed by atoms with van der Waals surface area (Å²) in [5, 5.41) is 0. The van der Waals surface area contributed by atoms with E-state index < -0.39 is 7.82 Å². The molecule has 10 heavy (non-hydrogen) atoms. The molecule has 6 heteroatoms. The topological polar surface area (TPSA) is 77.8 Å². The molecule has 0 atom stereocenters. The minimum atomic E-state index is -4.64. The summed E-state index contributed by atoms with van der Waals surface area (Å²) in [6.07, 6.45) is 0. The van der Waals surface area contributed by atoms with E-state index in [1.807, 2.05) is 0 Å². The van der Waals surface area contributed by atoms with Crippen molar-refractivity contribution in [1.82, 2.24) is 0 Å². The van der Waals surface area contributed by atoms with E-state index >= 15 is 0 Å². The van der Waals surface area contributed by atoms with E-state index in [2.05, 4.69) is 20.8 Å². The second-order valence-corrected chi connectivity index (χ2v) is 2.93. The van der Waals surface area contributed by atoms with Crippen LogP contribution >= 0.6 is 7.82 Å². The predicted molar refractivity (Wildman–Crippen MR) is 34.5 cm³/mol. The van der Waals surface area contributed by atoms with Crippen LogP contribution < -0.4 is 0 Å². The van der Waals surface area contributed by atoms with Gasteiger partial charge in [-0.15, -0.1) is 0 Å². The van der Waals surface area contributed by atoms with Crippen molar-refractivity contribution in [3.63, 3.8) is 0 Å². The molecule has 0 saturated carbocycles. The monoisotopic (exact) mass is 219 g/mol. The quantitative estimate of drug-likeness (QED) is 0.316. The molecule has 0 aliphatic heterocycles. The molecule has 3 N–H and O–H groups in total. The average Bonchev–Trinajstić information content (AvgIpc) is 1.19. The first-order valence-corrected chi connectivity index (χ1v) is 3.91. The molecule has 0 rings (SSSR count). The number of rotatable bonds is 0. The molecule has 0 radical (unpaired) electrons. The normalized spacial score (nSPS) is 9.50. The Morgan fingerprint density at radius 3 is 1.30 bits per heavy atom. The van der Waals surface area contributed by atoms with Crippen molar-refractivity contribution in [3.8, 4) is 0 Å². The van der Waals surface area contributed by atoms with Crippen molar-refractivity contribution in [3.05, 3.63) is 6.92 Å². The van der Waals surface area contributed by atoms with E-state index in [9.17, 15) is 0 Å². The van der Waals surface area contributed by atoms with Crippen LogP contribution in [0.25, 0.3) is 0 Å². The van der Waals surface area contributed by atoms with Crippen molar-refractivity contribution >= 4 is 7.82 Å². The second-order valence-electron chi connectivity index (χ2n) is 1.91. The molecule has 0 unspecified atom stereocenters. The first kappa shape index (κ1) is 17.0. The van der Waals surface area contributed by atoms with Crippen LogP contribution in [0.5, 0.6) is 0 Å². The molecular formula is C4H12O4PZn-. The molecule has 4 nitrogen and oxygen atoms in total. The zero-order valence-corrected chi connectivity index (χ0v) is 10.1. The molecule has 60 valence electrons. The standard InChI is InChI=1S/C4H9.H3O4P.Zn/c1-4(2)3;1-5(2,3)4;/h4H,1H2,2-3H3;(H3,1,2,3,4);/q-1;;. The van der Waals surface area contributed by atoms with Crippen molar-refractivity contribution in [1.29, 1.82) is 0 Å². The van der Waals surface area contributed by atoms with Crippen LogP contribution in [0.2, 0.25) is 0 Å². The first-order chi connectivity index (χ1) is 3.73. The third-order valence-corrected chi connectivity index (χ3v) is 0. The number of phosphoric acid groups is 1. The molecular weight excluding hydrogens is 208 g/mol. The fourth-order valence-corrected chi connectivity index (χ4v) is 0. The van der Waals surface area contributed by atoms with Gasteiger partial charge in [-0.2, -0.15) is 5.92 Å². The minimum absolute atomic E-state index is 0. The summed E-state index contributed by atoms with van der Waals surface area (Å²) < 4.78 is 8.88. The van der Waals surface area contributed by atoms with Crippen LogP contribution in [0, 0.1) is 12.8 Å². The Morgan fingerprint density at radius 1 is 1.30 bits per heavy atom. The molecule has 0 heterocycles. The molecule has 0 aromatic heterocycles. The summed E-state index contributed by atoms with van der Waals surface area (Å²) >= 11 is 0. The maximum atomic E-state index is 8.88. The van der Waals surface area contributed by atoms with E-state index in [0.717, 1.165) is 0 Å². The second kappa shape index (κ2) is 7.84. The van der Waals surface area contributed by atoms with Gasteiger partial charge in [0.05, 0.1) is 0 Å². The van der Waals surface area contributed by atoms with Gasteiger partial charge in [0.25, 0.3) is 0 Å². The molecule has 0 aromatic rings. The Hall–Kier alpha value is 0.733. The zero-order chi connectivity index (χ0) is 8.08. The van der Waals surface area contributed by atoms with E-state index in [-0.39, 0.29) is 19.5 Å². The smallest absolute Gasteiger partial charge is 0.341 e. The van der Waals surface area contributed by atoms with Gasteiger partial charge >= 0.3 is 7.82 Å². The Labute approximate surface area is 73.7 Å². The Balaban J connectivity index is -0.0000000910. The Bertz CT molecular complexity index is 88.4. The largest absolute Gasteiger partial charge is 0.466 e. The van der Waals surface area contributed by atoms with Gasteiger partial charge in [-0.1, -0.05) is 13.8 Å². The Kier molecular flexibility index (Phi) is 13.3. The zero-order valence-electron chi connectivity index (χ0n) is 6.19. The molecule has 0 aromatic carbocycles. The van der Waals surface area contributed by atoms with Crippen molar-refractivity contribution < 1.29 is 38.7 Å². The van der Waals surface area contributed by atoms with Gasteiger partial charge in [-0.05, 0) is 0 Å². The van der Waals surface area contributed by atoms with Crippen LogP contribution in [0.1, 0.15) is 13.8 Å². The SMILES string of the molecule is O=P(O)(O)O.[CH2-]C(C)C.[Zn]. The average molecular weight is 220 g/mol. The van der Waals surface area contributed by atoms with E-state index in [4.69, 9.17) is 19.2 Å². The van der Waals surface area contributed by atoms with Gasteiger partial charge in [0.2, 0.25) is 0 Å². The predicted octanol–water partition coefficient (Wildman–Crippen LogP) is 0.545. The molecule has 0 fully saturated rings. The van der Waals surface area contributed by atoms with Crippen molar-refractivity contribution in [2.24, 2.45) is 5.92 Å². The molecule has 0 aliphatic carbocycles. The maximum absolute atomic E-state index is 8.88. The summed E-state index contributed by atoms with van der Waals surface area (Å²) in [5.41, 5.74) is 0. The van der Waals surface area contributed by atoms with Crippen molar-refractivity contribution in [2.45, 2.75) is 13.8 Å². The van der Waals surface area contributed by atoms with E-state index in [1.54, 1.807) is 0 Å². The van der Waals surface area contributed by atoms with Crippen LogP contribution in [0.15, 0.2) is 0 Å². The van der Waals surface area contributed by atoms with Gasteiger partial charge in [0.15, 0.2) is 0 Å². The van der Waals surface area contributed by atoms with Crippen LogP contribution in [0.3, 0.4) is 0 Å². The summed E-state index contributed by atoms with van der Waals surface area (Å²) in [7, 11) is -4.64. The van der Waals surface area contributed by atoms with Gasteiger partial charge in [-0.25, -0.2) is 4.57 Å². The van der Waals surface area contributed by atoms with E-state index in [0.29, 0.717) is 5.92 Å². The maximum Gasteiger partial charge on any atom is 0.466 e. The first-order valence-electron chi connectivity index (χ1n) is 2.35. The fourth-order valence-electron chi connectivity index (χ4n) is 0. The summed E-state index contributed by atoms with van der Waals surface area (Å²) in [6, 6.07) is 0. The molecule has 0 amide bonds. The molecule has 0 bridgehead atoms. The number of hydrogen-bond acceptors (Lipinski definition) is 1. The molecule has 0 saturated heterocycles. The third kappa shape index (κ3) is 971. The van der Waals surface area contributed by atoms with Gasteiger partial charge < -0.3 is 21.6 Å². The molecule has 0 aliphatic rings. The van der Waals surface area contributed by atoms with Crippen molar-refractivity contribution in [2.75, 3.05) is 0 Å². The van der Waals surface area contributed by atoms with Crippen LogP contribution in [0.4, 0.5) is 0 Å². The Morgan fingerprint density at radius 2 is 1.30 bits per heavy atom. The van der Waals surface area contributed by atoms with E-state index in [1.165, 1.54) is 0 Å². The number of hydrogen-bond donors (Lipinski definition) is 3.